The molecule has 1 unspecified atom stereocenters. The summed E-state index contributed by atoms with van der Waals surface area (Å²) in [6.45, 7) is 5.36. The number of thiophene rings is 1. The Morgan fingerprint density at radius 1 is 1.37 bits per heavy atom. The predicted molar refractivity (Wildman–Crippen MR) is 93.4 cm³/mol. The smallest absolute Gasteiger partial charge is 0.0674 e. The van der Waals surface area contributed by atoms with Crippen LogP contribution in [0.5, 0.6) is 0 Å². The molecule has 0 aliphatic rings. The van der Waals surface area contributed by atoms with Gasteiger partial charge in [-0.15, -0.1) is 11.3 Å². The molecule has 0 amide bonds. The highest BCUT2D eigenvalue weighted by molar-refractivity contribution is 14.1. The Bertz CT molecular complexity index is 553. The number of aryl methyl sites for hydroxylation is 1. The van der Waals surface area contributed by atoms with Gasteiger partial charge in [0.05, 0.1) is 11.1 Å². The van der Waals surface area contributed by atoms with Gasteiger partial charge in [-0.25, -0.2) is 0 Å². The van der Waals surface area contributed by atoms with Crippen molar-refractivity contribution in [3.8, 4) is 0 Å². The van der Waals surface area contributed by atoms with E-state index in [4.69, 9.17) is 11.6 Å². The van der Waals surface area contributed by atoms with Crippen LogP contribution in [0.15, 0.2) is 29.6 Å². The number of rotatable bonds is 5. The van der Waals surface area contributed by atoms with E-state index in [0.717, 1.165) is 21.6 Å². The molecule has 0 fully saturated rings. The predicted octanol–water partition coefficient (Wildman–Crippen LogP) is 5.40. The normalized spacial score (nSPS) is 12.6. The minimum Gasteiger partial charge on any atom is -0.306 e. The summed E-state index contributed by atoms with van der Waals surface area (Å²) < 4.78 is 1.10. The monoisotopic (exact) mass is 405 g/mol. The van der Waals surface area contributed by atoms with Crippen molar-refractivity contribution in [3.63, 3.8) is 0 Å². The summed E-state index contributed by atoms with van der Waals surface area (Å²) in [6.07, 6.45) is 1.12. The van der Waals surface area contributed by atoms with Crippen molar-refractivity contribution in [2.45, 2.75) is 26.3 Å². The Kier molecular flexibility index (Phi) is 5.69. The highest BCUT2D eigenvalue weighted by Crippen LogP contribution is 2.31. The highest BCUT2D eigenvalue weighted by Gasteiger charge is 2.17. The molecular formula is C15H17ClINS. The van der Waals surface area contributed by atoms with E-state index in [9.17, 15) is 0 Å². The average molecular weight is 406 g/mol. The lowest BCUT2D eigenvalue weighted by molar-refractivity contribution is 0.604. The number of benzene rings is 1. The van der Waals surface area contributed by atoms with E-state index >= 15 is 0 Å². The molecule has 0 saturated carbocycles. The van der Waals surface area contributed by atoms with Crippen LogP contribution in [-0.2, 0) is 0 Å². The Morgan fingerprint density at radius 2 is 2.16 bits per heavy atom. The van der Waals surface area contributed by atoms with Crippen molar-refractivity contribution >= 4 is 45.5 Å². The first kappa shape index (κ1) is 15.3. The highest BCUT2D eigenvalue weighted by atomic mass is 127. The van der Waals surface area contributed by atoms with E-state index in [1.165, 1.54) is 16.0 Å². The average Bonchev–Trinajstić information content (AvgIpc) is 2.80. The van der Waals surface area contributed by atoms with Gasteiger partial charge < -0.3 is 5.32 Å². The van der Waals surface area contributed by atoms with Crippen molar-refractivity contribution in [1.29, 1.82) is 0 Å². The largest absolute Gasteiger partial charge is 0.306 e. The molecule has 1 N–H and O–H groups in total. The first-order valence-corrected chi connectivity index (χ1v) is 8.69. The summed E-state index contributed by atoms with van der Waals surface area (Å²) in [4.78, 5) is 1.38. The fourth-order valence-electron chi connectivity index (χ4n) is 2.02. The zero-order valence-corrected chi connectivity index (χ0v) is 14.8. The molecule has 0 spiro atoms. The molecule has 1 heterocycles. The van der Waals surface area contributed by atoms with Crippen LogP contribution in [0, 0.1) is 10.5 Å². The number of nitrogens with one attached hydrogen (secondary N) is 1. The third-order valence-electron chi connectivity index (χ3n) is 3.04. The molecule has 0 saturated heterocycles. The summed E-state index contributed by atoms with van der Waals surface area (Å²) in [5, 5.41) is 6.61. The quantitative estimate of drug-likeness (QED) is 0.656. The van der Waals surface area contributed by atoms with Crippen LogP contribution in [0.4, 0.5) is 0 Å². The summed E-state index contributed by atoms with van der Waals surface area (Å²) >= 11 is 10.3. The lowest BCUT2D eigenvalue weighted by atomic mass is 10.0. The zero-order chi connectivity index (χ0) is 13.8. The molecular weight excluding hydrogens is 389 g/mol. The van der Waals surface area contributed by atoms with E-state index in [0.29, 0.717) is 0 Å². The van der Waals surface area contributed by atoms with Crippen LogP contribution < -0.4 is 5.32 Å². The van der Waals surface area contributed by atoms with E-state index in [1.807, 2.05) is 0 Å². The molecule has 1 atom stereocenters. The second kappa shape index (κ2) is 7.07. The first-order chi connectivity index (χ1) is 9.13. The maximum Gasteiger partial charge on any atom is 0.0674 e. The maximum atomic E-state index is 6.26. The molecule has 0 aliphatic heterocycles. The number of hydrogen-bond acceptors (Lipinski definition) is 2. The maximum absolute atomic E-state index is 6.26. The molecule has 0 radical (unpaired) electrons. The SMILES string of the molecule is CCCNC(c1ccc(I)c(Cl)c1)c1sccc1C. The molecule has 102 valence electrons. The Hall–Kier alpha value is -0.100. The van der Waals surface area contributed by atoms with Crippen molar-refractivity contribution in [2.75, 3.05) is 6.54 Å². The van der Waals surface area contributed by atoms with Gasteiger partial charge in [0.25, 0.3) is 0 Å². The van der Waals surface area contributed by atoms with Gasteiger partial charge in [-0.3, -0.25) is 0 Å². The van der Waals surface area contributed by atoms with Gasteiger partial charge in [-0.05, 0) is 77.2 Å². The number of halogens is 2. The second-order valence-corrected chi connectivity index (χ2v) is 7.05. The third-order valence-corrected chi connectivity index (χ3v) is 5.70. The van der Waals surface area contributed by atoms with Crippen LogP contribution >= 0.6 is 45.5 Å². The van der Waals surface area contributed by atoms with E-state index in [-0.39, 0.29) is 6.04 Å². The molecule has 19 heavy (non-hydrogen) atoms. The lowest BCUT2D eigenvalue weighted by Crippen LogP contribution is -2.23. The molecule has 0 aliphatic carbocycles. The van der Waals surface area contributed by atoms with Gasteiger partial charge in [0, 0.05) is 8.45 Å². The molecule has 0 bridgehead atoms. The minimum atomic E-state index is 0.245. The fourth-order valence-corrected chi connectivity index (χ4v) is 3.58. The van der Waals surface area contributed by atoms with E-state index < -0.39 is 0 Å². The summed E-state index contributed by atoms with van der Waals surface area (Å²) in [6, 6.07) is 8.75. The van der Waals surface area contributed by atoms with Gasteiger partial charge in [0.1, 0.15) is 0 Å². The molecule has 2 rings (SSSR count). The molecule has 4 heteroatoms. The fraction of sp³-hybridized carbons (Fsp3) is 0.333. The summed E-state index contributed by atoms with van der Waals surface area (Å²) in [7, 11) is 0. The Labute approximate surface area is 137 Å². The second-order valence-electron chi connectivity index (χ2n) is 4.53. The minimum absolute atomic E-state index is 0.245. The van der Waals surface area contributed by atoms with E-state index in [2.05, 4.69) is 71.4 Å². The zero-order valence-electron chi connectivity index (χ0n) is 11.0. The third kappa shape index (κ3) is 3.72. The van der Waals surface area contributed by atoms with Crippen LogP contribution in [0.25, 0.3) is 0 Å². The van der Waals surface area contributed by atoms with Gasteiger partial charge in [0.2, 0.25) is 0 Å². The van der Waals surface area contributed by atoms with E-state index in [1.54, 1.807) is 11.3 Å². The molecule has 1 nitrogen and oxygen atoms in total. The lowest BCUT2D eigenvalue weighted by Gasteiger charge is -2.19. The van der Waals surface area contributed by atoms with Gasteiger partial charge in [-0.2, -0.15) is 0 Å². The van der Waals surface area contributed by atoms with Crippen LogP contribution in [0.1, 0.15) is 35.4 Å². The van der Waals surface area contributed by atoms with Crippen molar-refractivity contribution in [1.82, 2.24) is 5.32 Å². The summed E-state index contributed by atoms with van der Waals surface area (Å²) in [5.41, 5.74) is 2.58. The first-order valence-electron chi connectivity index (χ1n) is 6.35. The van der Waals surface area contributed by atoms with Crippen molar-refractivity contribution in [3.05, 3.63) is 54.2 Å². The van der Waals surface area contributed by atoms with Crippen molar-refractivity contribution < 1.29 is 0 Å². The molecule has 1 aromatic carbocycles. The van der Waals surface area contributed by atoms with Gasteiger partial charge in [-0.1, -0.05) is 24.6 Å². The Morgan fingerprint density at radius 3 is 2.74 bits per heavy atom. The van der Waals surface area contributed by atoms with Crippen LogP contribution in [-0.4, -0.2) is 6.54 Å². The van der Waals surface area contributed by atoms with Gasteiger partial charge >= 0.3 is 0 Å². The summed E-state index contributed by atoms with van der Waals surface area (Å²) in [5.74, 6) is 0. The molecule has 1 aromatic heterocycles. The van der Waals surface area contributed by atoms with Gasteiger partial charge in [0.15, 0.2) is 0 Å². The standard InChI is InChI=1S/C15H17ClINS/c1-3-7-18-14(15-10(2)6-8-19-15)11-4-5-13(17)12(16)9-11/h4-6,8-9,14,18H,3,7H2,1-2H3. The number of hydrogen-bond donors (Lipinski definition) is 1. The van der Waals surface area contributed by atoms with Crippen molar-refractivity contribution in [2.24, 2.45) is 0 Å². The van der Waals surface area contributed by atoms with Crippen LogP contribution in [0.3, 0.4) is 0 Å². The molecule has 2 aromatic rings. The van der Waals surface area contributed by atoms with Crippen LogP contribution in [0.2, 0.25) is 5.02 Å². The topological polar surface area (TPSA) is 12.0 Å². The Balaban J connectivity index is 2.37.